The van der Waals surface area contributed by atoms with Crippen LogP contribution in [-0.2, 0) is 0 Å². The second kappa shape index (κ2) is 10.4. The molecular weight excluding hydrogens is 302 g/mol. The van der Waals surface area contributed by atoms with Crippen molar-refractivity contribution in [3.63, 3.8) is 0 Å². The lowest BCUT2D eigenvalue weighted by Gasteiger charge is -2.33. The molecule has 1 aromatic rings. The molecule has 0 amide bonds. The van der Waals surface area contributed by atoms with E-state index in [-0.39, 0.29) is 6.04 Å². The maximum absolute atomic E-state index is 5.69. The molecule has 1 aliphatic heterocycles. The summed E-state index contributed by atoms with van der Waals surface area (Å²) < 4.78 is 5.69. The third kappa shape index (κ3) is 6.17. The number of furan rings is 1. The number of aliphatic imine (C=N–C) groups is 1. The van der Waals surface area contributed by atoms with Gasteiger partial charge in [-0.15, -0.1) is 0 Å². The number of nitrogens with one attached hydrogen (secondary N) is 2. The minimum absolute atomic E-state index is 0.264. The van der Waals surface area contributed by atoms with Gasteiger partial charge in [-0.2, -0.15) is 0 Å². The second-order valence-electron chi connectivity index (χ2n) is 6.66. The Morgan fingerprint density at radius 2 is 2.08 bits per heavy atom. The third-order valence-corrected chi connectivity index (χ3v) is 4.46. The SMILES string of the molecule is CN=C(NCCCN(C)C)NCC(c1ccco1)N1CCCCC1. The van der Waals surface area contributed by atoms with Gasteiger partial charge in [0.05, 0.1) is 12.3 Å². The van der Waals surface area contributed by atoms with E-state index in [0.717, 1.165) is 50.9 Å². The van der Waals surface area contributed by atoms with Gasteiger partial charge in [0, 0.05) is 20.1 Å². The van der Waals surface area contributed by atoms with E-state index < -0.39 is 0 Å². The molecule has 0 saturated carbocycles. The number of rotatable bonds is 8. The van der Waals surface area contributed by atoms with Crippen LogP contribution in [0.4, 0.5) is 0 Å². The van der Waals surface area contributed by atoms with Crippen molar-refractivity contribution < 1.29 is 4.42 Å². The summed E-state index contributed by atoms with van der Waals surface area (Å²) in [5.41, 5.74) is 0. The lowest BCUT2D eigenvalue weighted by molar-refractivity contribution is 0.146. The average molecular weight is 335 g/mol. The molecule has 2 N–H and O–H groups in total. The van der Waals surface area contributed by atoms with Gasteiger partial charge in [-0.05, 0) is 65.1 Å². The summed E-state index contributed by atoms with van der Waals surface area (Å²) in [7, 11) is 6.02. The molecule has 24 heavy (non-hydrogen) atoms. The standard InChI is InChI=1S/C18H33N5O/c1-19-18(20-10-8-11-22(2)3)21-15-16(17-9-7-14-24-17)23-12-5-4-6-13-23/h7,9,14,16H,4-6,8,10-13,15H2,1-3H3,(H2,19,20,21). The molecule has 1 fully saturated rings. The topological polar surface area (TPSA) is 56.0 Å². The average Bonchev–Trinajstić information content (AvgIpc) is 3.12. The molecule has 2 heterocycles. The molecule has 0 bridgehead atoms. The summed E-state index contributed by atoms with van der Waals surface area (Å²) in [6, 6.07) is 4.31. The maximum Gasteiger partial charge on any atom is 0.191 e. The van der Waals surface area contributed by atoms with Crippen molar-refractivity contribution in [2.24, 2.45) is 4.99 Å². The first-order chi connectivity index (χ1) is 11.7. The summed E-state index contributed by atoms with van der Waals surface area (Å²) in [4.78, 5) is 9.05. The van der Waals surface area contributed by atoms with E-state index in [1.807, 2.05) is 13.1 Å². The van der Waals surface area contributed by atoms with Crippen LogP contribution in [0.15, 0.2) is 27.8 Å². The lowest BCUT2D eigenvalue weighted by Crippen LogP contribution is -2.44. The van der Waals surface area contributed by atoms with Crippen LogP contribution in [0.5, 0.6) is 0 Å². The Morgan fingerprint density at radius 3 is 2.71 bits per heavy atom. The quantitative estimate of drug-likeness (QED) is 0.432. The van der Waals surface area contributed by atoms with Crippen molar-refractivity contribution >= 4 is 5.96 Å². The van der Waals surface area contributed by atoms with E-state index in [9.17, 15) is 0 Å². The molecule has 1 aromatic heterocycles. The Hall–Kier alpha value is -1.53. The van der Waals surface area contributed by atoms with Gasteiger partial charge in [-0.25, -0.2) is 0 Å². The predicted octanol–water partition coefficient (Wildman–Crippen LogP) is 1.92. The van der Waals surface area contributed by atoms with E-state index in [1.165, 1.54) is 19.3 Å². The van der Waals surface area contributed by atoms with E-state index in [2.05, 4.69) is 45.6 Å². The number of guanidine groups is 1. The summed E-state index contributed by atoms with van der Waals surface area (Å²) >= 11 is 0. The van der Waals surface area contributed by atoms with Crippen LogP contribution in [-0.4, -0.2) is 69.6 Å². The Morgan fingerprint density at radius 1 is 1.29 bits per heavy atom. The smallest absolute Gasteiger partial charge is 0.191 e. The number of likely N-dealkylation sites (tertiary alicyclic amines) is 1. The molecular formula is C18H33N5O. The zero-order valence-electron chi connectivity index (χ0n) is 15.4. The predicted molar refractivity (Wildman–Crippen MR) is 99.4 cm³/mol. The molecule has 0 spiro atoms. The molecule has 1 unspecified atom stereocenters. The second-order valence-corrected chi connectivity index (χ2v) is 6.66. The molecule has 6 heteroatoms. The van der Waals surface area contributed by atoms with Crippen molar-refractivity contribution in [2.75, 3.05) is 53.9 Å². The number of hydrogen-bond acceptors (Lipinski definition) is 4. The van der Waals surface area contributed by atoms with E-state index >= 15 is 0 Å². The largest absolute Gasteiger partial charge is 0.468 e. The first-order valence-electron chi connectivity index (χ1n) is 9.07. The zero-order chi connectivity index (χ0) is 17.2. The van der Waals surface area contributed by atoms with Crippen LogP contribution in [0.3, 0.4) is 0 Å². The van der Waals surface area contributed by atoms with Crippen molar-refractivity contribution in [1.29, 1.82) is 0 Å². The highest BCUT2D eigenvalue weighted by Crippen LogP contribution is 2.24. The summed E-state index contributed by atoms with van der Waals surface area (Å²) in [6.45, 7) is 5.09. The highest BCUT2D eigenvalue weighted by Gasteiger charge is 2.24. The molecule has 0 radical (unpaired) electrons. The van der Waals surface area contributed by atoms with Gasteiger partial charge in [-0.3, -0.25) is 9.89 Å². The van der Waals surface area contributed by atoms with Gasteiger partial charge < -0.3 is 20.0 Å². The van der Waals surface area contributed by atoms with Crippen LogP contribution in [0.25, 0.3) is 0 Å². The fraction of sp³-hybridized carbons (Fsp3) is 0.722. The van der Waals surface area contributed by atoms with Crippen molar-refractivity contribution in [3.8, 4) is 0 Å². The van der Waals surface area contributed by atoms with Gasteiger partial charge in [-0.1, -0.05) is 6.42 Å². The van der Waals surface area contributed by atoms with Crippen LogP contribution in [0.2, 0.25) is 0 Å². The van der Waals surface area contributed by atoms with Crippen molar-refractivity contribution in [3.05, 3.63) is 24.2 Å². The maximum atomic E-state index is 5.69. The van der Waals surface area contributed by atoms with Crippen molar-refractivity contribution in [2.45, 2.75) is 31.7 Å². The van der Waals surface area contributed by atoms with E-state index in [1.54, 1.807) is 6.26 Å². The van der Waals surface area contributed by atoms with E-state index in [4.69, 9.17) is 4.42 Å². The van der Waals surface area contributed by atoms with Gasteiger partial charge in [0.25, 0.3) is 0 Å². The first-order valence-corrected chi connectivity index (χ1v) is 9.07. The van der Waals surface area contributed by atoms with Crippen LogP contribution < -0.4 is 10.6 Å². The van der Waals surface area contributed by atoms with Gasteiger partial charge >= 0.3 is 0 Å². The molecule has 1 saturated heterocycles. The van der Waals surface area contributed by atoms with Crippen LogP contribution in [0, 0.1) is 0 Å². The Bertz CT molecular complexity index is 466. The van der Waals surface area contributed by atoms with Crippen molar-refractivity contribution in [1.82, 2.24) is 20.4 Å². The lowest BCUT2D eigenvalue weighted by atomic mass is 10.1. The van der Waals surface area contributed by atoms with Crippen LogP contribution >= 0.6 is 0 Å². The molecule has 2 rings (SSSR count). The molecule has 136 valence electrons. The highest BCUT2D eigenvalue weighted by molar-refractivity contribution is 5.79. The number of hydrogen-bond donors (Lipinski definition) is 2. The third-order valence-electron chi connectivity index (χ3n) is 4.46. The Balaban J connectivity index is 1.84. The van der Waals surface area contributed by atoms with Gasteiger partial charge in [0.2, 0.25) is 0 Å². The highest BCUT2D eigenvalue weighted by atomic mass is 16.3. The fourth-order valence-electron chi connectivity index (χ4n) is 3.14. The molecule has 1 aliphatic rings. The molecule has 0 aromatic carbocycles. The first kappa shape index (κ1) is 18.8. The van der Waals surface area contributed by atoms with Crippen LogP contribution in [0.1, 0.15) is 37.5 Å². The Kier molecular flexibility index (Phi) is 8.12. The minimum Gasteiger partial charge on any atom is -0.468 e. The van der Waals surface area contributed by atoms with Gasteiger partial charge in [0.1, 0.15) is 5.76 Å². The normalized spacial score (nSPS) is 17.9. The summed E-state index contributed by atoms with van der Waals surface area (Å²) in [5, 5.41) is 6.86. The summed E-state index contributed by atoms with van der Waals surface area (Å²) in [6.07, 6.45) is 6.75. The zero-order valence-corrected chi connectivity index (χ0v) is 15.4. The fourth-order valence-corrected chi connectivity index (χ4v) is 3.14. The Labute approximate surface area is 146 Å². The minimum atomic E-state index is 0.264. The number of piperidine rings is 1. The van der Waals surface area contributed by atoms with E-state index in [0.29, 0.717) is 0 Å². The molecule has 0 aliphatic carbocycles. The molecule has 1 atom stereocenters. The molecule has 6 nitrogen and oxygen atoms in total. The number of nitrogens with zero attached hydrogens (tertiary/aromatic N) is 3. The monoisotopic (exact) mass is 335 g/mol. The van der Waals surface area contributed by atoms with Gasteiger partial charge in [0.15, 0.2) is 5.96 Å². The summed E-state index contributed by atoms with van der Waals surface area (Å²) in [5.74, 6) is 1.90.